The van der Waals surface area contributed by atoms with E-state index in [1.165, 1.54) is 24.3 Å². The van der Waals surface area contributed by atoms with Crippen molar-refractivity contribution in [3.05, 3.63) is 181 Å². The fraction of sp³-hybridized carbons (Fsp3) is 0. The zero-order chi connectivity index (χ0) is 34.6. The van der Waals surface area contributed by atoms with Gasteiger partial charge in [-0.3, -0.25) is 0 Å². The third kappa shape index (κ3) is 6.53. The van der Waals surface area contributed by atoms with Crippen LogP contribution in [0.15, 0.2) is 179 Å². The van der Waals surface area contributed by atoms with Crippen molar-refractivity contribution < 1.29 is 28.8 Å². The molecule has 0 unspecified atom stereocenters. The molecule has 7 rings (SSSR count). The number of hydrogen-bond acceptors (Lipinski definition) is 7. The van der Waals surface area contributed by atoms with Crippen LogP contribution in [-0.4, -0.2) is 22.2 Å². The standard InChI is InChI=1S/C38H30N3O6P3/c42-37(43)29-21-25-31(26-22-29)46-50(47-32-27-23-30(24-28-32)38(44)45)40-48(33-13-5-1-6-14-33,34-15-7-2-8-16-34)39-49(41-50,35-17-9-3-10-18-35)36-19-11-4-12-20-36/h1-28,40H,(H-,42,43,44,45)/p+1. The predicted octanol–water partition coefficient (Wildman–Crippen LogP) is 8.36. The second-order valence-corrected chi connectivity index (χ2v) is 19.4. The number of carboxylic acids is 2. The molecule has 3 N–H and O–H groups in total. The van der Waals surface area contributed by atoms with Gasteiger partial charge in [0.1, 0.15) is 29.3 Å². The van der Waals surface area contributed by atoms with E-state index in [0.29, 0.717) is 11.5 Å². The highest BCUT2D eigenvalue weighted by Crippen LogP contribution is 2.78. The Kier molecular flexibility index (Phi) is 9.24. The van der Waals surface area contributed by atoms with Gasteiger partial charge in [-0.05, 0) is 77.3 Å². The zero-order valence-electron chi connectivity index (χ0n) is 26.4. The van der Waals surface area contributed by atoms with Crippen LogP contribution in [0.3, 0.4) is 0 Å². The SMILES string of the molecule is O=C(O)c1ccc(OP2(Oc3ccc(C(=O)O)cc3)=N[P+](c3ccccc3)(c3ccccc3)N=P(c3ccccc3)(c3ccccc3)N2)cc1. The summed E-state index contributed by atoms with van der Waals surface area (Å²) in [5.41, 5.74) is 0.202. The number of carboxylic acid groups (broad SMARTS) is 2. The second kappa shape index (κ2) is 13.9. The monoisotopic (exact) mass is 718 g/mol. The lowest BCUT2D eigenvalue weighted by atomic mass is 10.2. The van der Waals surface area contributed by atoms with Gasteiger partial charge in [-0.25, -0.2) is 9.59 Å². The summed E-state index contributed by atoms with van der Waals surface area (Å²) in [5, 5.41) is 22.9. The summed E-state index contributed by atoms with van der Waals surface area (Å²) < 4.78 is 25.5. The third-order valence-electron chi connectivity index (χ3n) is 7.93. The molecular weight excluding hydrogens is 687 g/mol. The van der Waals surface area contributed by atoms with Crippen LogP contribution in [0.1, 0.15) is 20.7 Å². The Bertz CT molecular complexity index is 2110. The maximum absolute atomic E-state index is 11.7. The number of hydrogen-bond donors (Lipinski definition) is 3. The first-order valence-electron chi connectivity index (χ1n) is 15.6. The highest BCUT2D eigenvalue weighted by Gasteiger charge is 2.57. The molecule has 0 saturated carbocycles. The Morgan fingerprint density at radius 1 is 0.500 bits per heavy atom. The van der Waals surface area contributed by atoms with Gasteiger partial charge in [0.15, 0.2) is 0 Å². The molecule has 1 heterocycles. The summed E-state index contributed by atoms with van der Waals surface area (Å²) in [5.74, 6) is -1.46. The molecule has 0 spiro atoms. The van der Waals surface area contributed by atoms with Crippen LogP contribution in [-0.2, 0) is 0 Å². The van der Waals surface area contributed by atoms with Gasteiger partial charge in [0.25, 0.3) is 0 Å². The van der Waals surface area contributed by atoms with Crippen LogP contribution < -0.4 is 35.1 Å². The van der Waals surface area contributed by atoms with E-state index in [4.69, 9.17) is 18.1 Å². The average Bonchev–Trinajstić information content (AvgIpc) is 3.16. The summed E-state index contributed by atoms with van der Waals surface area (Å²) >= 11 is 0. The van der Waals surface area contributed by atoms with Crippen LogP contribution >= 0.6 is 22.4 Å². The fourth-order valence-electron chi connectivity index (χ4n) is 5.59. The van der Waals surface area contributed by atoms with Crippen molar-refractivity contribution in [2.75, 3.05) is 0 Å². The minimum atomic E-state index is -3.73. The molecule has 50 heavy (non-hydrogen) atoms. The quantitative estimate of drug-likeness (QED) is 0.121. The van der Waals surface area contributed by atoms with E-state index < -0.39 is 34.4 Å². The van der Waals surface area contributed by atoms with Crippen LogP contribution in [0, 0.1) is 0 Å². The zero-order valence-corrected chi connectivity index (χ0v) is 29.1. The van der Waals surface area contributed by atoms with E-state index in [2.05, 4.69) is 4.86 Å². The maximum Gasteiger partial charge on any atom is 0.438 e. The Balaban J connectivity index is 1.60. The fourth-order valence-corrected chi connectivity index (χ4v) is 19.3. The molecule has 0 aromatic heterocycles. The topological polar surface area (TPSA) is 130 Å². The van der Waals surface area contributed by atoms with Crippen molar-refractivity contribution in [1.29, 1.82) is 0 Å². The van der Waals surface area contributed by atoms with Crippen LogP contribution in [0.4, 0.5) is 0 Å². The first-order chi connectivity index (χ1) is 24.3. The molecule has 1 aliphatic rings. The van der Waals surface area contributed by atoms with Gasteiger partial charge >= 0.3 is 27.2 Å². The summed E-state index contributed by atoms with van der Waals surface area (Å²) in [6.07, 6.45) is 0. The Morgan fingerprint density at radius 3 is 1.22 bits per heavy atom. The maximum atomic E-state index is 11.7. The molecule has 6 aromatic rings. The van der Waals surface area contributed by atoms with Crippen molar-refractivity contribution in [2.24, 2.45) is 9.03 Å². The molecule has 0 saturated heterocycles. The van der Waals surface area contributed by atoms with E-state index in [-0.39, 0.29) is 11.1 Å². The van der Waals surface area contributed by atoms with Crippen molar-refractivity contribution >= 4 is 55.6 Å². The lowest BCUT2D eigenvalue weighted by Crippen LogP contribution is -2.34. The Hall–Kier alpha value is -5.29. The van der Waals surface area contributed by atoms with Gasteiger partial charge < -0.3 is 19.3 Å². The van der Waals surface area contributed by atoms with Gasteiger partial charge in [-0.2, -0.15) is 4.86 Å². The molecule has 0 aliphatic carbocycles. The summed E-state index contributed by atoms with van der Waals surface area (Å²) in [4.78, 5) is 27.3. The van der Waals surface area contributed by atoms with Gasteiger partial charge in [0.05, 0.1) is 11.1 Å². The van der Waals surface area contributed by atoms with E-state index in [1.807, 2.05) is 121 Å². The molecule has 1 aliphatic heterocycles. The number of benzene rings is 6. The molecular formula is C38H31N3O6P3+. The molecule has 248 valence electrons. The van der Waals surface area contributed by atoms with Crippen LogP contribution in [0.25, 0.3) is 0 Å². The molecule has 0 radical (unpaired) electrons. The van der Waals surface area contributed by atoms with Crippen molar-refractivity contribution in [1.82, 2.24) is 4.86 Å². The minimum absolute atomic E-state index is 0.101. The first-order valence-corrected chi connectivity index (χ1v) is 20.6. The molecule has 9 nitrogen and oxygen atoms in total. The van der Waals surface area contributed by atoms with Crippen LogP contribution in [0.2, 0.25) is 0 Å². The van der Waals surface area contributed by atoms with Gasteiger partial charge in [0.2, 0.25) is 0 Å². The number of carbonyl (C=O) groups is 2. The Morgan fingerprint density at radius 2 is 0.860 bits per heavy atom. The van der Waals surface area contributed by atoms with Gasteiger partial charge in [-0.15, -0.1) is 0 Å². The van der Waals surface area contributed by atoms with Crippen LogP contribution in [0.5, 0.6) is 11.5 Å². The minimum Gasteiger partial charge on any atom is -0.478 e. The summed E-state index contributed by atoms with van der Waals surface area (Å²) in [6, 6.07) is 52.1. The molecule has 12 heteroatoms. The molecule has 0 bridgehead atoms. The largest absolute Gasteiger partial charge is 0.478 e. The Labute approximate surface area is 290 Å². The first kappa shape index (κ1) is 33.2. The highest BCUT2D eigenvalue weighted by atomic mass is 31.3. The predicted molar refractivity (Wildman–Crippen MR) is 201 cm³/mol. The van der Waals surface area contributed by atoms with Crippen molar-refractivity contribution in [2.45, 2.75) is 0 Å². The van der Waals surface area contributed by atoms with Crippen molar-refractivity contribution in [3.63, 3.8) is 0 Å². The molecule has 6 aromatic carbocycles. The molecule has 0 amide bonds. The lowest BCUT2D eigenvalue weighted by molar-refractivity contribution is 0.0686. The molecule has 0 atom stereocenters. The van der Waals surface area contributed by atoms with E-state index >= 15 is 0 Å². The summed E-state index contributed by atoms with van der Waals surface area (Å²) in [7, 11) is -9.93. The highest BCUT2D eigenvalue weighted by molar-refractivity contribution is 8.00. The lowest BCUT2D eigenvalue weighted by Gasteiger charge is -2.37. The second-order valence-electron chi connectivity index (χ2n) is 11.2. The number of aromatic carboxylic acids is 2. The smallest absolute Gasteiger partial charge is 0.438 e. The third-order valence-corrected chi connectivity index (χ3v) is 19.2. The normalized spacial score (nSPS) is 15.4. The van der Waals surface area contributed by atoms with E-state index in [1.54, 1.807) is 24.3 Å². The van der Waals surface area contributed by atoms with E-state index in [9.17, 15) is 19.8 Å². The summed E-state index contributed by atoms with van der Waals surface area (Å²) in [6.45, 7) is 0. The number of nitrogens with one attached hydrogen (secondary N) is 1. The number of nitrogens with zero attached hydrogens (tertiary/aromatic N) is 2. The molecule has 0 fully saturated rings. The van der Waals surface area contributed by atoms with E-state index in [0.717, 1.165) is 21.2 Å². The average molecular weight is 719 g/mol. The van der Waals surface area contributed by atoms with Gasteiger partial charge in [0, 0.05) is 10.6 Å². The number of rotatable bonds is 10. The van der Waals surface area contributed by atoms with Crippen molar-refractivity contribution in [3.8, 4) is 11.5 Å². The van der Waals surface area contributed by atoms with Gasteiger partial charge in [-0.1, -0.05) is 102 Å².